The highest BCUT2D eigenvalue weighted by molar-refractivity contribution is 8.03. The van der Waals surface area contributed by atoms with Crippen molar-refractivity contribution < 1.29 is 13.2 Å². The summed E-state index contributed by atoms with van der Waals surface area (Å²) in [5.74, 6) is 0.730. The Bertz CT molecular complexity index is 1120. The van der Waals surface area contributed by atoms with E-state index in [1.807, 2.05) is 61.5 Å². The van der Waals surface area contributed by atoms with Gasteiger partial charge in [0.15, 0.2) is 0 Å². The molecule has 1 aliphatic rings. The Balaban J connectivity index is 1.77. The Kier molecular flexibility index (Phi) is 5.62. The van der Waals surface area contributed by atoms with Gasteiger partial charge in [0.25, 0.3) is 0 Å². The van der Waals surface area contributed by atoms with Crippen LogP contribution in [-0.4, -0.2) is 19.8 Å². The lowest BCUT2D eigenvalue weighted by atomic mass is 10.1. The van der Waals surface area contributed by atoms with E-state index in [0.717, 1.165) is 22.4 Å². The van der Waals surface area contributed by atoms with Crippen molar-refractivity contribution >= 4 is 33.4 Å². The molecule has 3 aromatic carbocycles. The van der Waals surface area contributed by atoms with Crippen molar-refractivity contribution in [3.8, 4) is 5.75 Å². The number of aryl methyl sites for hydroxylation is 1. The molecular formula is C22H20ClNO3S2. The Morgan fingerprint density at radius 1 is 0.931 bits per heavy atom. The number of nitrogens with zero attached hydrogens (tertiary/aromatic N) is 1. The molecule has 29 heavy (non-hydrogen) atoms. The molecule has 1 heterocycles. The van der Waals surface area contributed by atoms with Crippen molar-refractivity contribution in [1.29, 1.82) is 0 Å². The van der Waals surface area contributed by atoms with E-state index in [2.05, 4.69) is 0 Å². The Morgan fingerprint density at radius 3 is 2.21 bits per heavy atom. The molecular weight excluding hydrogens is 426 g/mol. The third-order valence-electron chi connectivity index (χ3n) is 4.89. The van der Waals surface area contributed by atoms with Crippen LogP contribution in [0.4, 0.5) is 0 Å². The van der Waals surface area contributed by atoms with Crippen molar-refractivity contribution in [3.05, 3.63) is 94.5 Å². The molecule has 0 spiro atoms. The Labute approximate surface area is 180 Å². The van der Waals surface area contributed by atoms with Gasteiger partial charge in [-0.2, -0.15) is 4.31 Å². The molecule has 150 valence electrons. The van der Waals surface area contributed by atoms with E-state index in [-0.39, 0.29) is 15.6 Å². The highest BCUT2D eigenvalue weighted by atomic mass is 35.5. The maximum Gasteiger partial charge on any atom is 0.245 e. The summed E-state index contributed by atoms with van der Waals surface area (Å²) in [7, 11) is -2.12. The van der Waals surface area contributed by atoms with E-state index in [1.165, 1.54) is 0 Å². The lowest BCUT2D eigenvalue weighted by Crippen LogP contribution is -2.43. The zero-order valence-corrected chi connectivity index (χ0v) is 18.3. The SMILES string of the molecule is COc1ccc([C@H]2S[C@@H](c3ccccc3Cl)N2S(=O)(=O)c2ccc(C)cc2)cc1. The van der Waals surface area contributed by atoms with Crippen LogP contribution >= 0.6 is 23.4 Å². The van der Waals surface area contributed by atoms with E-state index >= 15 is 0 Å². The summed E-state index contributed by atoms with van der Waals surface area (Å²) in [5.41, 5.74) is 2.70. The van der Waals surface area contributed by atoms with Gasteiger partial charge in [-0.3, -0.25) is 0 Å². The minimum Gasteiger partial charge on any atom is -0.497 e. The molecule has 0 aliphatic carbocycles. The summed E-state index contributed by atoms with van der Waals surface area (Å²) in [6.45, 7) is 1.93. The van der Waals surface area contributed by atoms with Gasteiger partial charge in [0.05, 0.1) is 17.4 Å². The standard InChI is InChI=1S/C22H20ClNO3S2/c1-15-7-13-18(14-8-15)29(25,26)24-21(16-9-11-17(27-2)12-10-16)28-22(24)19-5-3-4-6-20(19)23/h3-14,21-22H,1-2H3/t21-,22+/m1/s1. The fourth-order valence-corrected chi connectivity index (χ4v) is 7.21. The van der Waals surface area contributed by atoms with Crippen LogP contribution in [0.3, 0.4) is 0 Å². The molecule has 1 aliphatic heterocycles. The van der Waals surface area contributed by atoms with E-state index in [9.17, 15) is 8.42 Å². The Hall–Kier alpha value is -1.99. The number of halogens is 1. The van der Waals surface area contributed by atoms with Gasteiger partial charge in [0, 0.05) is 5.02 Å². The normalized spacial score (nSPS) is 19.6. The number of hydrogen-bond acceptors (Lipinski definition) is 4. The predicted molar refractivity (Wildman–Crippen MR) is 118 cm³/mol. The fourth-order valence-electron chi connectivity index (χ4n) is 3.27. The molecule has 0 bridgehead atoms. The van der Waals surface area contributed by atoms with Crippen LogP contribution in [0, 0.1) is 6.92 Å². The number of thioether (sulfide) groups is 1. The summed E-state index contributed by atoms with van der Waals surface area (Å²) in [6.07, 6.45) is 0. The van der Waals surface area contributed by atoms with Gasteiger partial charge in [0.1, 0.15) is 11.1 Å². The molecule has 0 N–H and O–H groups in total. The summed E-state index contributed by atoms with van der Waals surface area (Å²) in [5, 5.41) is -0.169. The van der Waals surface area contributed by atoms with Gasteiger partial charge in [-0.15, -0.1) is 11.8 Å². The van der Waals surface area contributed by atoms with Crippen molar-refractivity contribution in [2.24, 2.45) is 0 Å². The van der Waals surface area contributed by atoms with Gasteiger partial charge in [-0.25, -0.2) is 8.42 Å². The van der Waals surface area contributed by atoms with Gasteiger partial charge in [-0.1, -0.05) is 59.6 Å². The molecule has 7 heteroatoms. The zero-order chi connectivity index (χ0) is 20.6. The fraction of sp³-hybridized carbons (Fsp3) is 0.182. The van der Waals surface area contributed by atoms with E-state index in [4.69, 9.17) is 16.3 Å². The first-order valence-electron chi connectivity index (χ1n) is 9.06. The van der Waals surface area contributed by atoms with Crippen LogP contribution in [-0.2, 0) is 10.0 Å². The number of sulfonamides is 1. The van der Waals surface area contributed by atoms with Gasteiger partial charge < -0.3 is 4.74 Å². The number of rotatable bonds is 5. The quantitative estimate of drug-likeness (QED) is 0.498. The minimum atomic E-state index is -3.72. The molecule has 0 unspecified atom stereocenters. The largest absolute Gasteiger partial charge is 0.497 e. The summed E-state index contributed by atoms with van der Waals surface area (Å²) in [4.78, 5) is 0.277. The highest BCUT2D eigenvalue weighted by Crippen LogP contribution is 2.60. The first-order valence-corrected chi connectivity index (χ1v) is 11.8. The second kappa shape index (κ2) is 8.03. The second-order valence-corrected chi connectivity index (χ2v) is 10.2. The van der Waals surface area contributed by atoms with Crippen LogP contribution in [0.1, 0.15) is 27.4 Å². The van der Waals surface area contributed by atoms with Gasteiger partial charge in [-0.05, 0) is 48.4 Å². The molecule has 4 nitrogen and oxygen atoms in total. The molecule has 0 aromatic heterocycles. The number of ether oxygens (including phenoxy) is 1. The van der Waals surface area contributed by atoms with Crippen LogP contribution in [0.2, 0.25) is 5.02 Å². The van der Waals surface area contributed by atoms with Crippen LogP contribution in [0.15, 0.2) is 77.7 Å². The molecule has 4 rings (SSSR count). The van der Waals surface area contributed by atoms with Crippen LogP contribution in [0.25, 0.3) is 0 Å². The second-order valence-electron chi connectivity index (χ2n) is 6.78. The topological polar surface area (TPSA) is 46.6 Å². The predicted octanol–water partition coefficient (Wildman–Crippen LogP) is 5.79. The summed E-state index contributed by atoms with van der Waals surface area (Å²) in [6, 6.07) is 21.8. The lowest BCUT2D eigenvalue weighted by molar-refractivity contribution is 0.343. The number of benzene rings is 3. The summed E-state index contributed by atoms with van der Waals surface area (Å²) >= 11 is 7.96. The van der Waals surface area contributed by atoms with Gasteiger partial charge in [0.2, 0.25) is 10.0 Å². The summed E-state index contributed by atoms with van der Waals surface area (Å²) < 4.78 is 33.9. The third-order valence-corrected chi connectivity index (χ3v) is 8.84. The molecule has 0 saturated carbocycles. The van der Waals surface area contributed by atoms with Crippen molar-refractivity contribution in [3.63, 3.8) is 0 Å². The van der Waals surface area contributed by atoms with Crippen molar-refractivity contribution in [2.45, 2.75) is 22.6 Å². The Morgan fingerprint density at radius 2 is 1.59 bits per heavy atom. The van der Waals surface area contributed by atoms with E-state index in [0.29, 0.717) is 5.02 Å². The molecule has 1 saturated heterocycles. The first-order chi connectivity index (χ1) is 13.9. The first kappa shape index (κ1) is 20.3. The van der Waals surface area contributed by atoms with Crippen molar-refractivity contribution in [1.82, 2.24) is 4.31 Å². The smallest absolute Gasteiger partial charge is 0.245 e. The van der Waals surface area contributed by atoms with Crippen LogP contribution < -0.4 is 4.74 Å². The lowest BCUT2D eigenvalue weighted by Gasteiger charge is -2.47. The van der Waals surface area contributed by atoms with Crippen molar-refractivity contribution in [2.75, 3.05) is 7.11 Å². The monoisotopic (exact) mass is 445 g/mol. The molecule has 1 fully saturated rings. The molecule has 0 radical (unpaired) electrons. The molecule has 2 atom stereocenters. The van der Waals surface area contributed by atoms with E-state index < -0.39 is 10.0 Å². The average molecular weight is 446 g/mol. The maximum absolute atomic E-state index is 13.6. The number of methoxy groups -OCH3 is 1. The van der Waals surface area contributed by atoms with Crippen LogP contribution in [0.5, 0.6) is 5.75 Å². The maximum atomic E-state index is 13.6. The average Bonchev–Trinajstić information content (AvgIpc) is 2.69. The minimum absolute atomic E-state index is 0.277. The zero-order valence-electron chi connectivity index (χ0n) is 15.9. The highest BCUT2D eigenvalue weighted by Gasteiger charge is 2.49. The van der Waals surface area contributed by atoms with E-state index in [1.54, 1.807) is 41.4 Å². The molecule has 0 amide bonds. The molecule has 3 aromatic rings. The third kappa shape index (κ3) is 3.78. The van der Waals surface area contributed by atoms with Gasteiger partial charge >= 0.3 is 0 Å². The number of hydrogen-bond donors (Lipinski definition) is 0.